The zero-order valence-electron chi connectivity index (χ0n) is 13.1. The summed E-state index contributed by atoms with van der Waals surface area (Å²) < 4.78 is 11.1. The Morgan fingerprint density at radius 3 is 2.78 bits per heavy atom. The van der Waals surface area contributed by atoms with Gasteiger partial charge in [0.05, 0.1) is 24.3 Å². The average molecular weight is 318 g/mol. The number of fused-ring (bicyclic) bond motifs is 1. The molecule has 0 saturated carbocycles. The van der Waals surface area contributed by atoms with Crippen molar-refractivity contribution in [2.45, 2.75) is 37.8 Å². The molecular formula is C17H22N2O4. The van der Waals surface area contributed by atoms with Gasteiger partial charge in [-0.05, 0) is 37.8 Å². The van der Waals surface area contributed by atoms with Crippen LogP contribution in [0.3, 0.4) is 0 Å². The van der Waals surface area contributed by atoms with Crippen molar-refractivity contribution >= 4 is 11.8 Å². The minimum atomic E-state index is -0.161. The van der Waals surface area contributed by atoms with E-state index in [2.05, 4.69) is 0 Å². The van der Waals surface area contributed by atoms with Gasteiger partial charge in [0.2, 0.25) is 5.91 Å². The van der Waals surface area contributed by atoms with Gasteiger partial charge in [-0.15, -0.1) is 0 Å². The summed E-state index contributed by atoms with van der Waals surface area (Å²) in [5.74, 6) is 0.222. The van der Waals surface area contributed by atoms with Crippen LogP contribution in [-0.2, 0) is 9.53 Å². The standard InChI is InChI=1S/C17H22N2O4/c20-16(18-6-1-2-7-18)12-10-15-13(5-9-23-15)19(11-12)17(21)14-4-3-8-22-14/h3-4,8,12-13,15H,1-2,5-7,9-11H2/t12-,13+,15+/m1/s1. The summed E-state index contributed by atoms with van der Waals surface area (Å²) in [7, 11) is 0. The predicted octanol–water partition coefficient (Wildman–Crippen LogP) is 1.52. The lowest BCUT2D eigenvalue weighted by Gasteiger charge is -2.40. The number of nitrogens with zero attached hydrogens (tertiary/aromatic N) is 2. The molecule has 3 fully saturated rings. The van der Waals surface area contributed by atoms with Crippen molar-refractivity contribution in [3.63, 3.8) is 0 Å². The fraction of sp³-hybridized carbons (Fsp3) is 0.647. The van der Waals surface area contributed by atoms with Crippen molar-refractivity contribution in [3.05, 3.63) is 24.2 Å². The molecule has 6 nitrogen and oxygen atoms in total. The number of amides is 2. The maximum absolute atomic E-state index is 12.8. The highest BCUT2D eigenvalue weighted by atomic mass is 16.5. The van der Waals surface area contributed by atoms with Gasteiger partial charge in [0.1, 0.15) is 0 Å². The second-order valence-electron chi connectivity index (χ2n) is 6.67. The summed E-state index contributed by atoms with van der Waals surface area (Å²) >= 11 is 0. The molecule has 3 saturated heterocycles. The van der Waals surface area contributed by atoms with Crippen LogP contribution in [0.25, 0.3) is 0 Å². The number of piperidine rings is 1. The first-order valence-corrected chi connectivity index (χ1v) is 8.49. The van der Waals surface area contributed by atoms with Crippen LogP contribution in [0.2, 0.25) is 0 Å². The number of carbonyl (C=O) groups excluding carboxylic acids is 2. The summed E-state index contributed by atoms with van der Waals surface area (Å²) in [5.41, 5.74) is 0. The first-order valence-electron chi connectivity index (χ1n) is 8.49. The molecule has 0 radical (unpaired) electrons. The van der Waals surface area contributed by atoms with Crippen LogP contribution < -0.4 is 0 Å². The molecule has 0 spiro atoms. The summed E-state index contributed by atoms with van der Waals surface area (Å²) in [6.45, 7) is 2.81. The van der Waals surface area contributed by atoms with Crippen LogP contribution in [0.15, 0.2) is 22.8 Å². The zero-order chi connectivity index (χ0) is 15.8. The Labute approximate surface area is 135 Å². The molecule has 4 heterocycles. The van der Waals surface area contributed by atoms with Gasteiger partial charge in [0, 0.05) is 26.2 Å². The Morgan fingerprint density at radius 2 is 2.04 bits per heavy atom. The van der Waals surface area contributed by atoms with E-state index in [1.54, 1.807) is 17.0 Å². The highest BCUT2D eigenvalue weighted by molar-refractivity contribution is 5.92. The van der Waals surface area contributed by atoms with Crippen molar-refractivity contribution in [2.24, 2.45) is 5.92 Å². The molecular weight excluding hydrogens is 296 g/mol. The van der Waals surface area contributed by atoms with Gasteiger partial charge < -0.3 is 19.0 Å². The van der Waals surface area contributed by atoms with Crippen LogP contribution in [0.1, 0.15) is 36.2 Å². The van der Waals surface area contributed by atoms with Crippen LogP contribution in [0, 0.1) is 5.92 Å². The van der Waals surface area contributed by atoms with Gasteiger partial charge in [0.15, 0.2) is 5.76 Å². The van der Waals surface area contributed by atoms with Gasteiger partial charge in [-0.1, -0.05) is 0 Å². The monoisotopic (exact) mass is 318 g/mol. The van der Waals surface area contributed by atoms with Crippen molar-refractivity contribution in [3.8, 4) is 0 Å². The molecule has 0 N–H and O–H groups in total. The first-order chi connectivity index (χ1) is 11.2. The third-order valence-corrected chi connectivity index (χ3v) is 5.27. The summed E-state index contributed by atoms with van der Waals surface area (Å²) in [6, 6.07) is 3.46. The topological polar surface area (TPSA) is 63.0 Å². The van der Waals surface area contributed by atoms with Crippen molar-refractivity contribution in [2.75, 3.05) is 26.2 Å². The van der Waals surface area contributed by atoms with Crippen molar-refractivity contribution in [1.29, 1.82) is 0 Å². The SMILES string of the molecule is O=C([C@@H]1C[C@@H]2OCC[C@@H]2N(C(=O)c2ccco2)C1)N1CCCC1. The third-order valence-electron chi connectivity index (χ3n) is 5.27. The van der Waals surface area contributed by atoms with Crippen LogP contribution >= 0.6 is 0 Å². The number of ether oxygens (including phenoxy) is 1. The minimum Gasteiger partial charge on any atom is -0.459 e. The fourth-order valence-corrected chi connectivity index (χ4v) is 4.10. The molecule has 0 aromatic carbocycles. The highest BCUT2D eigenvalue weighted by Gasteiger charge is 2.45. The molecule has 0 bridgehead atoms. The lowest BCUT2D eigenvalue weighted by atomic mass is 9.89. The smallest absolute Gasteiger partial charge is 0.289 e. The Bertz CT molecular complexity index is 579. The molecule has 6 heteroatoms. The molecule has 2 amide bonds. The Hall–Kier alpha value is -1.82. The zero-order valence-corrected chi connectivity index (χ0v) is 13.1. The fourth-order valence-electron chi connectivity index (χ4n) is 4.10. The normalized spacial score (nSPS) is 30.5. The largest absolute Gasteiger partial charge is 0.459 e. The maximum Gasteiger partial charge on any atom is 0.289 e. The molecule has 1 aromatic heterocycles. The van der Waals surface area contributed by atoms with Crippen LogP contribution in [0.5, 0.6) is 0 Å². The van der Waals surface area contributed by atoms with Gasteiger partial charge in [0.25, 0.3) is 5.91 Å². The van der Waals surface area contributed by atoms with Gasteiger partial charge >= 0.3 is 0 Å². The van der Waals surface area contributed by atoms with E-state index in [4.69, 9.17) is 9.15 Å². The molecule has 0 unspecified atom stereocenters. The van der Waals surface area contributed by atoms with E-state index in [0.717, 1.165) is 38.8 Å². The quantitative estimate of drug-likeness (QED) is 0.829. The molecule has 0 aliphatic carbocycles. The summed E-state index contributed by atoms with van der Waals surface area (Å²) in [4.78, 5) is 29.2. The second kappa shape index (κ2) is 6.00. The summed E-state index contributed by atoms with van der Waals surface area (Å²) in [5, 5.41) is 0. The van der Waals surface area contributed by atoms with Crippen LogP contribution in [-0.4, -0.2) is 60.0 Å². The second-order valence-corrected chi connectivity index (χ2v) is 6.67. The minimum absolute atomic E-state index is 0.0285. The van der Waals surface area contributed by atoms with E-state index in [0.29, 0.717) is 18.9 Å². The van der Waals surface area contributed by atoms with Gasteiger partial charge in [-0.3, -0.25) is 9.59 Å². The van der Waals surface area contributed by atoms with Crippen molar-refractivity contribution < 1.29 is 18.7 Å². The van der Waals surface area contributed by atoms with E-state index in [-0.39, 0.29) is 29.9 Å². The number of hydrogen-bond acceptors (Lipinski definition) is 4. The van der Waals surface area contributed by atoms with Crippen molar-refractivity contribution in [1.82, 2.24) is 9.80 Å². The van der Waals surface area contributed by atoms with E-state index in [9.17, 15) is 9.59 Å². The molecule has 3 atom stereocenters. The number of furan rings is 1. The molecule has 3 aliphatic heterocycles. The number of carbonyl (C=O) groups is 2. The van der Waals surface area contributed by atoms with E-state index in [1.165, 1.54) is 6.26 Å². The first kappa shape index (κ1) is 14.8. The molecule has 1 aromatic rings. The highest BCUT2D eigenvalue weighted by Crippen LogP contribution is 2.33. The van der Waals surface area contributed by atoms with Crippen LogP contribution in [0.4, 0.5) is 0 Å². The molecule has 3 aliphatic rings. The van der Waals surface area contributed by atoms with E-state index >= 15 is 0 Å². The van der Waals surface area contributed by atoms with Gasteiger partial charge in [-0.25, -0.2) is 0 Å². The van der Waals surface area contributed by atoms with E-state index < -0.39 is 0 Å². The Kier molecular flexibility index (Phi) is 3.85. The molecule has 23 heavy (non-hydrogen) atoms. The summed E-state index contributed by atoms with van der Waals surface area (Å²) in [6.07, 6.45) is 5.20. The molecule has 124 valence electrons. The van der Waals surface area contributed by atoms with E-state index in [1.807, 2.05) is 4.90 Å². The predicted molar refractivity (Wildman–Crippen MR) is 81.8 cm³/mol. The number of hydrogen-bond donors (Lipinski definition) is 0. The number of rotatable bonds is 2. The Morgan fingerprint density at radius 1 is 1.22 bits per heavy atom. The lowest BCUT2D eigenvalue weighted by molar-refractivity contribution is -0.138. The van der Waals surface area contributed by atoms with Gasteiger partial charge in [-0.2, -0.15) is 0 Å². The lowest BCUT2D eigenvalue weighted by Crippen LogP contribution is -2.55. The molecule has 4 rings (SSSR count). The average Bonchev–Trinajstić information content (AvgIpc) is 3.34. The number of likely N-dealkylation sites (tertiary alicyclic amines) is 2. The maximum atomic E-state index is 12.8. The Balaban J connectivity index is 1.54. The third kappa shape index (κ3) is 2.65.